The average molecular weight is 418 g/mol. The summed E-state index contributed by atoms with van der Waals surface area (Å²) in [5.41, 5.74) is 2.32. The van der Waals surface area contributed by atoms with Gasteiger partial charge in [-0.05, 0) is 57.7 Å². The first kappa shape index (κ1) is 20.6. The Bertz CT molecular complexity index is 987. The quantitative estimate of drug-likeness (QED) is 0.550. The second kappa shape index (κ2) is 8.90. The van der Waals surface area contributed by atoms with Crippen LogP contribution in [0, 0.1) is 6.92 Å². The van der Waals surface area contributed by atoms with E-state index in [1.807, 2.05) is 45.3 Å². The zero-order chi connectivity index (χ0) is 20.3. The van der Waals surface area contributed by atoms with Gasteiger partial charge in [0.15, 0.2) is 5.13 Å². The Labute approximate surface area is 174 Å². The SMILES string of the molecule is COc1ccc(Cl)c2sc(N(CCCN(C)C)C(=O)c3ccccc3C)nc12. The zero-order valence-electron chi connectivity index (χ0n) is 16.5. The summed E-state index contributed by atoms with van der Waals surface area (Å²) >= 11 is 7.79. The molecule has 1 heterocycles. The summed E-state index contributed by atoms with van der Waals surface area (Å²) in [6.45, 7) is 3.40. The first-order chi connectivity index (χ1) is 13.4. The van der Waals surface area contributed by atoms with Gasteiger partial charge < -0.3 is 9.64 Å². The van der Waals surface area contributed by atoms with E-state index in [0.717, 1.165) is 23.2 Å². The summed E-state index contributed by atoms with van der Waals surface area (Å²) in [6.07, 6.45) is 0.839. The fraction of sp³-hybridized carbons (Fsp3) is 0.333. The predicted octanol–water partition coefficient (Wildman–Crippen LogP) is 4.87. The summed E-state index contributed by atoms with van der Waals surface area (Å²) in [7, 11) is 5.65. The van der Waals surface area contributed by atoms with Gasteiger partial charge in [-0.3, -0.25) is 9.69 Å². The second-order valence-electron chi connectivity index (χ2n) is 6.85. The van der Waals surface area contributed by atoms with Crippen molar-refractivity contribution in [2.45, 2.75) is 13.3 Å². The molecule has 1 amide bonds. The molecule has 7 heteroatoms. The number of thiazole rings is 1. The predicted molar refractivity (Wildman–Crippen MR) is 117 cm³/mol. The number of hydrogen-bond donors (Lipinski definition) is 0. The molecule has 3 aromatic rings. The molecule has 0 aliphatic heterocycles. The maximum atomic E-state index is 13.4. The lowest BCUT2D eigenvalue weighted by molar-refractivity contribution is 0.0985. The number of carbonyl (C=O) groups excluding carboxylic acids is 1. The van der Waals surface area contributed by atoms with Crippen LogP contribution in [-0.2, 0) is 0 Å². The van der Waals surface area contributed by atoms with Crippen LogP contribution in [0.25, 0.3) is 10.2 Å². The van der Waals surface area contributed by atoms with E-state index < -0.39 is 0 Å². The third kappa shape index (κ3) is 4.29. The maximum absolute atomic E-state index is 13.4. The molecule has 5 nitrogen and oxygen atoms in total. The van der Waals surface area contributed by atoms with E-state index in [9.17, 15) is 4.79 Å². The molecule has 0 saturated heterocycles. The third-order valence-electron chi connectivity index (χ3n) is 4.51. The zero-order valence-corrected chi connectivity index (χ0v) is 18.1. The highest BCUT2D eigenvalue weighted by molar-refractivity contribution is 7.23. The number of methoxy groups -OCH3 is 1. The van der Waals surface area contributed by atoms with E-state index in [-0.39, 0.29) is 5.91 Å². The van der Waals surface area contributed by atoms with Crippen LogP contribution < -0.4 is 9.64 Å². The molecule has 28 heavy (non-hydrogen) atoms. The number of halogens is 1. The lowest BCUT2D eigenvalue weighted by Gasteiger charge is -2.21. The van der Waals surface area contributed by atoms with Crippen molar-refractivity contribution in [1.29, 1.82) is 0 Å². The summed E-state index contributed by atoms with van der Waals surface area (Å²) in [6, 6.07) is 11.2. The minimum absolute atomic E-state index is 0.0500. The molecule has 0 aliphatic rings. The molecule has 0 aliphatic carbocycles. The van der Waals surface area contributed by atoms with E-state index >= 15 is 0 Å². The van der Waals surface area contributed by atoms with Crippen LogP contribution in [-0.4, -0.2) is 50.1 Å². The van der Waals surface area contributed by atoms with Crippen LogP contribution in [0.2, 0.25) is 5.02 Å². The molecule has 0 radical (unpaired) electrons. The van der Waals surface area contributed by atoms with Crippen LogP contribution in [0.4, 0.5) is 5.13 Å². The van der Waals surface area contributed by atoms with Gasteiger partial charge in [0.05, 0.1) is 16.8 Å². The summed E-state index contributed by atoms with van der Waals surface area (Å²) in [5, 5.41) is 1.24. The van der Waals surface area contributed by atoms with Gasteiger partial charge in [-0.15, -0.1) is 0 Å². The average Bonchev–Trinajstić information content (AvgIpc) is 3.11. The normalized spacial score (nSPS) is 11.2. The van der Waals surface area contributed by atoms with Crippen molar-refractivity contribution in [3.63, 3.8) is 0 Å². The number of aromatic nitrogens is 1. The molecule has 0 saturated carbocycles. The molecule has 148 valence electrons. The van der Waals surface area contributed by atoms with Crippen molar-refractivity contribution in [1.82, 2.24) is 9.88 Å². The van der Waals surface area contributed by atoms with Gasteiger partial charge in [0.25, 0.3) is 5.91 Å². The lowest BCUT2D eigenvalue weighted by atomic mass is 10.1. The molecular formula is C21H24ClN3O2S. The van der Waals surface area contributed by atoms with E-state index in [4.69, 9.17) is 21.3 Å². The Morgan fingerprint density at radius 2 is 1.93 bits per heavy atom. The van der Waals surface area contributed by atoms with E-state index in [2.05, 4.69) is 4.90 Å². The summed E-state index contributed by atoms with van der Waals surface area (Å²) < 4.78 is 6.25. The minimum atomic E-state index is -0.0500. The highest BCUT2D eigenvalue weighted by Gasteiger charge is 2.23. The van der Waals surface area contributed by atoms with Gasteiger partial charge in [-0.25, -0.2) is 4.98 Å². The molecular weight excluding hydrogens is 394 g/mol. The Morgan fingerprint density at radius 3 is 2.61 bits per heavy atom. The van der Waals surface area contributed by atoms with E-state index in [0.29, 0.717) is 33.5 Å². The van der Waals surface area contributed by atoms with Crippen molar-refractivity contribution >= 4 is 44.2 Å². The van der Waals surface area contributed by atoms with Crippen molar-refractivity contribution < 1.29 is 9.53 Å². The van der Waals surface area contributed by atoms with Crippen LogP contribution in [0.3, 0.4) is 0 Å². The first-order valence-corrected chi connectivity index (χ1v) is 10.3. The number of carbonyl (C=O) groups is 1. The molecule has 0 spiro atoms. The molecule has 0 fully saturated rings. The van der Waals surface area contributed by atoms with Crippen molar-refractivity contribution in [2.24, 2.45) is 0 Å². The van der Waals surface area contributed by atoms with Crippen molar-refractivity contribution in [3.05, 3.63) is 52.5 Å². The molecule has 0 unspecified atom stereocenters. The fourth-order valence-electron chi connectivity index (χ4n) is 3.01. The lowest BCUT2D eigenvalue weighted by Crippen LogP contribution is -2.33. The van der Waals surface area contributed by atoms with Crippen LogP contribution in [0.15, 0.2) is 36.4 Å². The molecule has 2 aromatic carbocycles. The van der Waals surface area contributed by atoms with Crippen molar-refractivity contribution in [2.75, 3.05) is 39.2 Å². The van der Waals surface area contributed by atoms with E-state index in [1.165, 1.54) is 11.3 Å². The summed E-state index contributed by atoms with van der Waals surface area (Å²) in [5.74, 6) is 0.601. The molecule has 3 rings (SSSR count). The molecule has 0 bridgehead atoms. The molecule has 0 atom stereocenters. The largest absolute Gasteiger partial charge is 0.494 e. The fourth-order valence-corrected chi connectivity index (χ4v) is 4.29. The number of benzene rings is 2. The topological polar surface area (TPSA) is 45.7 Å². The monoisotopic (exact) mass is 417 g/mol. The Morgan fingerprint density at radius 1 is 1.18 bits per heavy atom. The van der Waals surface area contributed by atoms with Gasteiger partial charge in [0.2, 0.25) is 0 Å². The van der Waals surface area contributed by atoms with E-state index in [1.54, 1.807) is 24.1 Å². The first-order valence-electron chi connectivity index (χ1n) is 9.07. The number of amides is 1. The number of anilines is 1. The molecule has 1 aromatic heterocycles. The highest BCUT2D eigenvalue weighted by Crippen LogP contribution is 2.39. The van der Waals surface area contributed by atoms with Gasteiger partial charge in [-0.1, -0.05) is 41.1 Å². The van der Waals surface area contributed by atoms with Gasteiger partial charge in [-0.2, -0.15) is 0 Å². The Balaban J connectivity index is 2.03. The van der Waals surface area contributed by atoms with Gasteiger partial charge in [0, 0.05) is 12.1 Å². The van der Waals surface area contributed by atoms with Crippen LogP contribution >= 0.6 is 22.9 Å². The summed E-state index contributed by atoms with van der Waals surface area (Å²) in [4.78, 5) is 22.0. The van der Waals surface area contributed by atoms with Crippen molar-refractivity contribution in [3.8, 4) is 5.75 Å². The number of rotatable bonds is 7. The maximum Gasteiger partial charge on any atom is 0.260 e. The standard InChI is InChI=1S/C21H24ClN3O2S/c1-14-8-5-6-9-15(14)20(26)25(13-7-12-24(2)3)21-23-18-17(27-4)11-10-16(22)19(18)28-21/h5-6,8-11H,7,12-13H2,1-4H3. The number of aryl methyl sites for hydroxylation is 1. The van der Waals surface area contributed by atoms with Gasteiger partial charge in [0.1, 0.15) is 11.3 Å². The van der Waals surface area contributed by atoms with Gasteiger partial charge >= 0.3 is 0 Å². The smallest absolute Gasteiger partial charge is 0.260 e. The van der Waals surface area contributed by atoms with Crippen LogP contribution in [0.1, 0.15) is 22.3 Å². The number of nitrogens with zero attached hydrogens (tertiary/aromatic N) is 3. The Hall–Kier alpha value is -2.15. The number of hydrogen-bond acceptors (Lipinski definition) is 5. The number of fused-ring (bicyclic) bond motifs is 1. The highest BCUT2D eigenvalue weighted by atomic mass is 35.5. The Kier molecular flexibility index (Phi) is 6.54. The number of ether oxygens (including phenoxy) is 1. The second-order valence-corrected chi connectivity index (χ2v) is 8.24. The molecule has 0 N–H and O–H groups in total. The van der Waals surface area contributed by atoms with Crippen LogP contribution in [0.5, 0.6) is 5.75 Å². The third-order valence-corrected chi connectivity index (χ3v) is 6.04. The minimum Gasteiger partial charge on any atom is -0.494 e.